The molecule has 0 radical (unpaired) electrons. The zero-order chi connectivity index (χ0) is 9.14. The van der Waals surface area contributed by atoms with E-state index in [4.69, 9.17) is 5.73 Å². The van der Waals surface area contributed by atoms with Crippen molar-refractivity contribution in [3.63, 3.8) is 0 Å². The first-order chi connectivity index (χ1) is 5.65. The molecule has 62 valence electrons. The molecule has 12 heavy (non-hydrogen) atoms. The van der Waals surface area contributed by atoms with Crippen LogP contribution in [0.5, 0.6) is 0 Å². The van der Waals surface area contributed by atoms with Crippen molar-refractivity contribution in [3.8, 4) is 0 Å². The van der Waals surface area contributed by atoms with Crippen LogP contribution in [0.15, 0.2) is 18.8 Å². The first-order valence-electron chi connectivity index (χ1n) is 3.54. The molecule has 0 aliphatic rings. The van der Waals surface area contributed by atoms with Gasteiger partial charge < -0.3 is 5.73 Å². The summed E-state index contributed by atoms with van der Waals surface area (Å²) in [6, 6.07) is 1.63. The second-order valence-electron chi connectivity index (χ2n) is 2.46. The highest BCUT2D eigenvalue weighted by Crippen LogP contribution is 2.12. The molecule has 1 aromatic heterocycles. The number of nitrogens with two attached hydrogens (primary N) is 1. The third-order valence-electron chi connectivity index (χ3n) is 1.55. The van der Waals surface area contributed by atoms with Crippen LogP contribution in [-0.2, 0) is 0 Å². The van der Waals surface area contributed by atoms with Crippen molar-refractivity contribution in [3.05, 3.63) is 30.1 Å². The molecule has 0 saturated heterocycles. The number of hydrogen-bond acceptors (Lipinski definition) is 3. The second-order valence-corrected chi connectivity index (χ2v) is 2.46. The molecule has 0 atom stereocenters. The van der Waals surface area contributed by atoms with Crippen LogP contribution < -0.4 is 5.73 Å². The quantitative estimate of drug-likeness (QED) is 0.670. The molecular weight excluding hydrogens is 152 g/mol. The molecule has 0 spiro atoms. The SMILES string of the molecule is C=Cc1cc(N)c(C(C)=O)cn1. The van der Waals surface area contributed by atoms with Gasteiger partial charge in [-0.25, -0.2) is 0 Å². The van der Waals surface area contributed by atoms with Crippen LogP contribution >= 0.6 is 0 Å². The molecule has 0 bridgehead atoms. The average molecular weight is 162 g/mol. The van der Waals surface area contributed by atoms with Crippen LogP contribution in [0.4, 0.5) is 5.69 Å². The Bertz CT molecular complexity index is 331. The van der Waals surface area contributed by atoms with Gasteiger partial charge in [-0.3, -0.25) is 9.78 Å². The molecule has 0 aliphatic carbocycles. The number of Topliss-reactive ketones (excluding diaryl/α,β-unsaturated/α-hetero) is 1. The normalized spacial score (nSPS) is 9.42. The molecule has 0 fully saturated rings. The lowest BCUT2D eigenvalue weighted by molar-refractivity contribution is 0.101. The summed E-state index contributed by atoms with van der Waals surface area (Å²) in [4.78, 5) is 14.9. The largest absolute Gasteiger partial charge is 0.398 e. The lowest BCUT2D eigenvalue weighted by Crippen LogP contribution is -2.01. The van der Waals surface area contributed by atoms with E-state index in [1.165, 1.54) is 13.1 Å². The summed E-state index contributed by atoms with van der Waals surface area (Å²) in [5.41, 5.74) is 7.18. The number of hydrogen-bond donors (Lipinski definition) is 1. The number of carbonyl (C=O) groups excluding carboxylic acids is 1. The van der Waals surface area contributed by atoms with Crippen molar-refractivity contribution >= 4 is 17.5 Å². The number of anilines is 1. The summed E-state index contributed by atoms with van der Waals surface area (Å²) in [6.07, 6.45) is 3.05. The van der Waals surface area contributed by atoms with Crippen LogP contribution in [0, 0.1) is 0 Å². The molecule has 1 heterocycles. The van der Waals surface area contributed by atoms with Gasteiger partial charge in [-0.2, -0.15) is 0 Å². The first kappa shape index (κ1) is 8.46. The molecule has 2 N–H and O–H groups in total. The van der Waals surface area contributed by atoms with Gasteiger partial charge in [0.2, 0.25) is 0 Å². The first-order valence-corrected chi connectivity index (χ1v) is 3.54. The Kier molecular flexibility index (Phi) is 2.24. The maximum absolute atomic E-state index is 10.9. The molecule has 1 aromatic rings. The Morgan fingerprint density at radius 1 is 1.75 bits per heavy atom. The van der Waals surface area contributed by atoms with Crippen LogP contribution in [0.1, 0.15) is 23.0 Å². The molecule has 0 amide bonds. The van der Waals surface area contributed by atoms with Gasteiger partial charge in [0.15, 0.2) is 5.78 Å². The van der Waals surface area contributed by atoms with Gasteiger partial charge in [-0.15, -0.1) is 0 Å². The summed E-state index contributed by atoms with van der Waals surface area (Å²) >= 11 is 0. The minimum absolute atomic E-state index is 0.0735. The minimum Gasteiger partial charge on any atom is -0.398 e. The lowest BCUT2D eigenvalue weighted by Gasteiger charge is -2.00. The zero-order valence-corrected chi connectivity index (χ0v) is 6.87. The number of carbonyl (C=O) groups is 1. The third kappa shape index (κ3) is 1.50. The van der Waals surface area contributed by atoms with Gasteiger partial charge >= 0.3 is 0 Å². The zero-order valence-electron chi connectivity index (χ0n) is 6.87. The molecule has 0 saturated carbocycles. The van der Waals surface area contributed by atoms with Crippen LogP contribution in [0.2, 0.25) is 0 Å². The highest BCUT2D eigenvalue weighted by Gasteiger charge is 2.04. The van der Waals surface area contributed by atoms with E-state index in [0.717, 1.165) is 0 Å². The number of rotatable bonds is 2. The fourth-order valence-corrected chi connectivity index (χ4v) is 0.894. The van der Waals surface area contributed by atoms with E-state index >= 15 is 0 Å². The number of nitrogens with zero attached hydrogens (tertiary/aromatic N) is 1. The predicted molar refractivity (Wildman–Crippen MR) is 48.7 cm³/mol. The van der Waals surface area contributed by atoms with Crippen molar-refractivity contribution in [2.24, 2.45) is 0 Å². The van der Waals surface area contributed by atoms with Gasteiger partial charge in [-0.1, -0.05) is 6.58 Å². The number of nitrogen functional groups attached to an aromatic ring is 1. The predicted octanol–water partition coefficient (Wildman–Crippen LogP) is 1.51. The van der Waals surface area contributed by atoms with Gasteiger partial charge in [0.1, 0.15) is 0 Å². The summed E-state index contributed by atoms with van der Waals surface area (Å²) < 4.78 is 0. The second kappa shape index (κ2) is 3.17. The molecule has 3 heteroatoms. The van der Waals surface area contributed by atoms with Crippen LogP contribution in [0.3, 0.4) is 0 Å². The fraction of sp³-hybridized carbons (Fsp3) is 0.111. The Balaban J connectivity index is 3.20. The lowest BCUT2D eigenvalue weighted by atomic mass is 10.1. The van der Waals surface area contributed by atoms with E-state index < -0.39 is 0 Å². The highest BCUT2D eigenvalue weighted by molar-refractivity contribution is 5.98. The topological polar surface area (TPSA) is 56.0 Å². The average Bonchev–Trinajstić information content (AvgIpc) is 2.03. The smallest absolute Gasteiger partial charge is 0.163 e. The van der Waals surface area contributed by atoms with Gasteiger partial charge in [0.25, 0.3) is 0 Å². The summed E-state index contributed by atoms with van der Waals surface area (Å²) in [6.45, 7) is 5.00. The van der Waals surface area contributed by atoms with E-state index in [1.54, 1.807) is 12.1 Å². The van der Waals surface area contributed by atoms with E-state index in [0.29, 0.717) is 16.9 Å². The minimum atomic E-state index is -0.0735. The maximum Gasteiger partial charge on any atom is 0.163 e. The Morgan fingerprint density at radius 3 is 2.83 bits per heavy atom. The van der Waals surface area contributed by atoms with E-state index in [2.05, 4.69) is 11.6 Å². The number of ketones is 1. The van der Waals surface area contributed by atoms with Crippen LogP contribution in [-0.4, -0.2) is 10.8 Å². The highest BCUT2D eigenvalue weighted by atomic mass is 16.1. The van der Waals surface area contributed by atoms with Gasteiger partial charge in [0.05, 0.1) is 11.3 Å². The van der Waals surface area contributed by atoms with Crippen molar-refractivity contribution in [2.45, 2.75) is 6.92 Å². The number of aromatic nitrogens is 1. The van der Waals surface area contributed by atoms with E-state index in [9.17, 15) is 4.79 Å². The van der Waals surface area contributed by atoms with Crippen molar-refractivity contribution in [2.75, 3.05) is 5.73 Å². The summed E-state index contributed by atoms with van der Waals surface area (Å²) in [7, 11) is 0. The Hall–Kier alpha value is -1.64. The van der Waals surface area contributed by atoms with E-state index in [1.807, 2.05) is 0 Å². The van der Waals surface area contributed by atoms with Gasteiger partial charge in [0, 0.05) is 11.9 Å². The Morgan fingerprint density at radius 2 is 2.42 bits per heavy atom. The maximum atomic E-state index is 10.9. The molecule has 0 unspecified atom stereocenters. The summed E-state index contributed by atoms with van der Waals surface area (Å²) in [5, 5.41) is 0. The molecule has 0 aromatic carbocycles. The summed E-state index contributed by atoms with van der Waals surface area (Å²) in [5.74, 6) is -0.0735. The van der Waals surface area contributed by atoms with Crippen molar-refractivity contribution in [1.82, 2.24) is 4.98 Å². The standard InChI is InChI=1S/C9H10N2O/c1-3-7-4-9(10)8(5-11-7)6(2)12/h3-5H,1H2,2H3,(H2,10,11). The fourth-order valence-electron chi connectivity index (χ4n) is 0.894. The monoisotopic (exact) mass is 162 g/mol. The third-order valence-corrected chi connectivity index (χ3v) is 1.55. The van der Waals surface area contributed by atoms with E-state index in [-0.39, 0.29) is 5.78 Å². The molecular formula is C9H10N2O. The number of pyridine rings is 1. The van der Waals surface area contributed by atoms with Crippen molar-refractivity contribution in [1.29, 1.82) is 0 Å². The van der Waals surface area contributed by atoms with Gasteiger partial charge in [-0.05, 0) is 19.1 Å². The molecule has 0 aliphatic heterocycles. The Labute approximate surface area is 70.9 Å². The molecule has 1 rings (SSSR count). The molecule has 3 nitrogen and oxygen atoms in total. The van der Waals surface area contributed by atoms with Crippen molar-refractivity contribution < 1.29 is 4.79 Å². The van der Waals surface area contributed by atoms with Crippen LogP contribution in [0.25, 0.3) is 6.08 Å².